The molecule has 0 unspecified atom stereocenters. The summed E-state index contributed by atoms with van der Waals surface area (Å²) in [5.74, 6) is -0.149. The monoisotopic (exact) mass is 331 g/mol. The maximum Gasteiger partial charge on any atom is 0.285 e. The van der Waals surface area contributed by atoms with Gasteiger partial charge in [-0.05, 0) is 19.1 Å². The standard InChI is InChI=1S/C17H22N4O3/c1-12(19-7-9-20(10-8-19)13(2)22)17(24)21-11-16(23)18-14-5-3-4-6-15(14)21/h3-6,12H,7-11H2,1-2H3,(H,18,23)/p+1/t12-/m1/s1. The molecule has 3 amide bonds. The van der Waals surface area contributed by atoms with E-state index < -0.39 is 0 Å². The first-order chi connectivity index (χ1) is 11.5. The average Bonchev–Trinajstić information content (AvgIpc) is 2.59. The van der Waals surface area contributed by atoms with E-state index in [-0.39, 0.29) is 30.3 Å². The topological polar surface area (TPSA) is 74.2 Å². The minimum atomic E-state index is -0.252. The Labute approximate surface area is 141 Å². The molecule has 3 rings (SSSR count). The SMILES string of the molecule is CC(=O)N1CC[NH+]([C@H](C)C(=O)N2CC(=O)Nc3ccccc32)CC1. The van der Waals surface area contributed by atoms with Gasteiger partial charge in [-0.1, -0.05) is 12.1 Å². The zero-order valence-electron chi connectivity index (χ0n) is 14.0. The zero-order valence-corrected chi connectivity index (χ0v) is 14.0. The lowest BCUT2D eigenvalue weighted by molar-refractivity contribution is -0.917. The molecule has 128 valence electrons. The first-order valence-corrected chi connectivity index (χ1v) is 8.27. The molecule has 0 saturated carbocycles. The van der Waals surface area contributed by atoms with E-state index in [0.717, 1.165) is 23.7 Å². The van der Waals surface area contributed by atoms with Gasteiger partial charge in [0.25, 0.3) is 5.91 Å². The number of quaternary nitrogens is 1. The lowest BCUT2D eigenvalue weighted by Crippen LogP contribution is -3.19. The quantitative estimate of drug-likeness (QED) is 0.738. The van der Waals surface area contributed by atoms with E-state index in [9.17, 15) is 14.4 Å². The Balaban J connectivity index is 1.73. The molecule has 7 nitrogen and oxygen atoms in total. The fourth-order valence-electron chi connectivity index (χ4n) is 3.38. The van der Waals surface area contributed by atoms with E-state index in [1.54, 1.807) is 17.9 Å². The number of nitrogens with zero attached hydrogens (tertiary/aromatic N) is 2. The summed E-state index contributed by atoms with van der Waals surface area (Å²) in [6, 6.07) is 7.10. The van der Waals surface area contributed by atoms with Crippen LogP contribution in [0.1, 0.15) is 13.8 Å². The highest BCUT2D eigenvalue weighted by atomic mass is 16.2. The van der Waals surface area contributed by atoms with Crippen LogP contribution in [-0.4, -0.2) is 61.4 Å². The van der Waals surface area contributed by atoms with Gasteiger partial charge in [-0.15, -0.1) is 0 Å². The number of hydrogen-bond donors (Lipinski definition) is 2. The van der Waals surface area contributed by atoms with Gasteiger partial charge in [-0.2, -0.15) is 0 Å². The average molecular weight is 331 g/mol. The normalized spacial score (nSPS) is 19.5. The van der Waals surface area contributed by atoms with Crippen molar-refractivity contribution in [2.45, 2.75) is 19.9 Å². The molecule has 7 heteroatoms. The van der Waals surface area contributed by atoms with Crippen molar-refractivity contribution in [1.82, 2.24) is 4.90 Å². The molecule has 2 heterocycles. The van der Waals surface area contributed by atoms with Crippen molar-refractivity contribution in [2.75, 3.05) is 42.9 Å². The maximum absolute atomic E-state index is 13.0. The van der Waals surface area contributed by atoms with Gasteiger partial charge >= 0.3 is 0 Å². The van der Waals surface area contributed by atoms with Crippen LogP contribution >= 0.6 is 0 Å². The summed E-state index contributed by atoms with van der Waals surface area (Å²) in [7, 11) is 0. The summed E-state index contributed by atoms with van der Waals surface area (Å²) in [4.78, 5) is 40.8. The molecule has 1 saturated heterocycles. The summed E-state index contributed by atoms with van der Waals surface area (Å²) in [5, 5.41) is 2.80. The summed E-state index contributed by atoms with van der Waals surface area (Å²) < 4.78 is 0. The minimum absolute atomic E-state index is 0.0486. The number of benzene rings is 1. The molecule has 0 aromatic heterocycles. The largest absolute Gasteiger partial charge is 0.332 e. The van der Waals surface area contributed by atoms with E-state index >= 15 is 0 Å². The number of piperazine rings is 1. The van der Waals surface area contributed by atoms with Crippen LogP contribution < -0.4 is 15.1 Å². The minimum Gasteiger partial charge on any atom is -0.332 e. The predicted molar refractivity (Wildman–Crippen MR) is 89.8 cm³/mol. The smallest absolute Gasteiger partial charge is 0.285 e. The molecule has 2 aliphatic rings. The van der Waals surface area contributed by atoms with Crippen molar-refractivity contribution < 1.29 is 19.3 Å². The number of hydrogen-bond acceptors (Lipinski definition) is 3. The molecule has 0 radical (unpaired) electrons. The molecule has 1 atom stereocenters. The maximum atomic E-state index is 13.0. The lowest BCUT2D eigenvalue weighted by atomic mass is 10.1. The Morgan fingerprint density at radius 2 is 1.88 bits per heavy atom. The lowest BCUT2D eigenvalue weighted by Gasteiger charge is -2.37. The van der Waals surface area contributed by atoms with Crippen LogP contribution in [0.2, 0.25) is 0 Å². The Bertz CT molecular complexity index is 668. The van der Waals surface area contributed by atoms with Crippen molar-refractivity contribution in [1.29, 1.82) is 0 Å². The summed E-state index contributed by atoms with van der Waals surface area (Å²) in [5.41, 5.74) is 1.42. The third kappa shape index (κ3) is 3.12. The second kappa shape index (κ2) is 6.60. The van der Waals surface area contributed by atoms with Gasteiger partial charge in [0.05, 0.1) is 37.6 Å². The third-order valence-corrected chi connectivity index (χ3v) is 4.87. The van der Waals surface area contributed by atoms with E-state index in [1.807, 2.05) is 30.0 Å². The second-order valence-corrected chi connectivity index (χ2v) is 6.38. The van der Waals surface area contributed by atoms with Gasteiger partial charge in [0.15, 0.2) is 6.04 Å². The molecule has 1 fully saturated rings. The van der Waals surface area contributed by atoms with Gasteiger partial charge in [-0.25, -0.2) is 0 Å². The van der Waals surface area contributed by atoms with Gasteiger partial charge < -0.3 is 15.1 Å². The first-order valence-electron chi connectivity index (χ1n) is 8.27. The van der Waals surface area contributed by atoms with Crippen LogP contribution in [0.25, 0.3) is 0 Å². The number of carbonyl (C=O) groups is 3. The molecule has 1 aromatic carbocycles. The van der Waals surface area contributed by atoms with Crippen molar-refractivity contribution >= 4 is 29.1 Å². The fraction of sp³-hybridized carbons (Fsp3) is 0.471. The molecule has 0 bridgehead atoms. The number of carbonyl (C=O) groups excluding carboxylic acids is 3. The van der Waals surface area contributed by atoms with Gasteiger partial charge in [0.2, 0.25) is 11.8 Å². The molecule has 24 heavy (non-hydrogen) atoms. The molecule has 2 N–H and O–H groups in total. The number of para-hydroxylation sites is 2. The van der Waals surface area contributed by atoms with Gasteiger partial charge in [0.1, 0.15) is 6.54 Å². The highest BCUT2D eigenvalue weighted by molar-refractivity contribution is 6.10. The number of nitrogens with one attached hydrogen (secondary N) is 2. The number of anilines is 2. The van der Waals surface area contributed by atoms with E-state index in [2.05, 4.69) is 5.32 Å². The van der Waals surface area contributed by atoms with Crippen molar-refractivity contribution in [3.05, 3.63) is 24.3 Å². The number of rotatable bonds is 2. The molecular weight excluding hydrogens is 308 g/mol. The van der Waals surface area contributed by atoms with E-state index in [1.165, 1.54) is 0 Å². The Kier molecular flexibility index (Phi) is 4.53. The number of fused-ring (bicyclic) bond motifs is 1. The predicted octanol–water partition coefficient (Wildman–Crippen LogP) is -0.893. The second-order valence-electron chi connectivity index (χ2n) is 6.38. The van der Waals surface area contributed by atoms with E-state index in [0.29, 0.717) is 18.8 Å². The van der Waals surface area contributed by atoms with Crippen LogP contribution in [-0.2, 0) is 14.4 Å². The first kappa shape index (κ1) is 16.4. The summed E-state index contributed by atoms with van der Waals surface area (Å²) >= 11 is 0. The Morgan fingerprint density at radius 3 is 2.54 bits per heavy atom. The molecular formula is C17H23N4O3+. The number of amides is 3. The highest BCUT2D eigenvalue weighted by Crippen LogP contribution is 2.29. The van der Waals surface area contributed by atoms with Crippen LogP contribution in [0.4, 0.5) is 11.4 Å². The molecule has 0 spiro atoms. The Hall–Kier alpha value is -2.41. The van der Waals surface area contributed by atoms with Crippen molar-refractivity contribution in [3.8, 4) is 0 Å². The van der Waals surface area contributed by atoms with Crippen molar-refractivity contribution in [3.63, 3.8) is 0 Å². The molecule has 1 aromatic rings. The Morgan fingerprint density at radius 1 is 1.21 bits per heavy atom. The third-order valence-electron chi connectivity index (χ3n) is 4.87. The summed E-state index contributed by atoms with van der Waals surface area (Å²) in [6.07, 6.45) is 0. The van der Waals surface area contributed by atoms with Crippen molar-refractivity contribution in [2.24, 2.45) is 0 Å². The zero-order chi connectivity index (χ0) is 17.3. The summed E-state index contributed by atoms with van der Waals surface area (Å²) in [6.45, 7) is 6.34. The molecule has 2 aliphatic heterocycles. The molecule has 0 aliphatic carbocycles. The van der Waals surface area contributed by atoms with Crippen LogP contribution in [0.3, 0.4) is 0 Å². The van der Waals surface area contributed by atoms with Crippen LogP contribution in [0.15, 0.2) is 24.3 Å². The van der Waals surface area contributed by atoms with Crippen LogP contribution in [0.5, 0.6) is 0 Å². The van der Waals surface area contributed by atoms with Crippen LogP contribution in [0, 0.1) is 0 Å². The highest BCUT2D eigenvalue weighted by Gasteiger charge is 2.36. The fourth-order valence-corrected chi connectivity index (χ4v) is 3.38. The van der Waals surface area contributed by atoms with E-state index in [4.69, 9.17) is 0 Å². The van der Waals surface area contributed by atoms with Gasteiger partial charge in [0, 0.05) is 6.92 Å². The van der Waals surface area contributed by atoms with Gasteiger partial charge in [-0.3, -0.25) is 19.3 Å².